The summed E-state index contributed by atoms with van der Waals surface area (Å²) in [6, 6.07) is 20.7. The number of carbonyl (C=O) groups excluding carboxylic acids is 7. The average molecular weight is 889 g/mol. The molecule has 330 valence electrons. The monoisotopic (exact) mass is 888 g/mol. The van der Waals surface area contributed by atoms with Crippen molar-refractivity contribution >= 4 is 91.9 Å². The molecule has 3 aliphatic rings. The van der Waals surface area contributed by atoms with Crippen LogP contribution in [0.5, 0.6) is 5.75 Å². The fraction of sp³-hybridized carbons (Fsp3) is 0.283. The Labute approximate surface area is 371 Å². The van der Waals surface area contributed by atoms with Gasteiger partial charge in [0.05, 0.1) is 18.3 Å². The molecular formula is C46H45ClN8O9. The molecule has 5 aromatic rings. The number of hydrogen-bond acceptors (Lipinski definition) is 10. The fourth-order valence-corrected chi connectivity index (χ4v) is 8.32. The molecular weight excluding hydrogens is 844 g/mol. The van der Waals surface area contributed by atoms with Crippen LogP contribution in [0.15, 0.2) is 91.0 Å². The number of anilines is 3. The third kappa shape index (κ3) is 9.18. The van der Waals surface area contributed by atoms with E-state index in [0.717, 1.165) is 46.5 Å². The highest BCUT2D eigenvalue weighted by Gasteiger charge is 2.37. The molecule has 0 spiro atoms. The molecule has 3 aliphatic heterocycles. The molecule has 17 nitrogen and oxygen atoms in total. The standard InChI is InChI=1S/C46H45ClN8O9/c1-52-17-19-53(20-18-52)46(63)64-39-24-38-34(32-5-2-3-6-33(32)39)23-31(25-47)55(38)45(62)36-22-28-21-30(12-13-35(28)50-36)49-43(60)27-8-10-29(11-9-27)48-44(61)37(26-56)51-40(57)7-4-16-54-41(58)14-15-42(54)59/h2-3,5-6,8-15,21-22,24,31,37,50,56H,4,7,16-20,23,25-26H2,1H3,(H,48,61)(H,49,60)(H,51,57)/t31-,37-/m0/s1. The average Bonchev–Trinajstić information content (AvgIpc) is 3.99. The highest BCUT2D eigenvalue weighted by molar-refractivity contribution is 6.20. The number of halogens is 1. The van der Waals surface area contributed by atoms with E-state index >= 15 is 0 Å². The first-order valence-electron chi connectivity index (χ1n) is 20.8. The van der Waals surface area contributed by atoms with Crippen molar-refractivity contribution in [2.24, 2.45) is 0 Å². The summed E-state index contributed by atoms with van der Waals surface area (Å²) in [5, 5.41) is 20.0. The number of aromatic amines is 1. The maximum atomic E-state index is 14.4. The third-order valence-electron chi connectivity index (χ3n) is 11.6. The molecule has 1 aromatic heterocycles. The van der Waals surface area contributed by atoms with Crippen molar-refractivity contribution in [1.82, 2.24) is 25.0 Å². The number of alkyl halides is 1. The van der Waals surface area contributed by atoms with Crippen molar-refractivity contribution < 1.29 is 43.4 Å². The van der Waals surface area contributed by atoms with Crippen molar-refractivity contribution in [3.05, 3.63) is 108 Å². The Morgan fingerprint density at radius 1 is 0.875 bits per heavy atom. The van der Waals surface area contributed by atoms with E-state index in [1.807, 2.05) is 31.3 Å². The number of amides is 7. The van der Waals surface area contributed by atoms with Crippen LogP contribution < -0.4 is 25.6 Å². The van der Waals surface area contributed by atoms with Gasteiger partial charge in [-0.3, -0.25) is 33.7 Å². The normalized spacial score (nSPS) is 16.6. The Balaban J connectivity index is 0.906. The lowest BCUT2D eigenvalue weighted by Crippen LogP contribution is -2.48. The van der Waals surface area contributed by atoms with Crippen molar-refractivity contribution in [1.29, 1.82) is 0 Å². The molecule has 5 N–H and O–H groups in total. The maximum absolute atomic E-state index is 14.4. The van der Waals surface area contributed by atoms with Crippen LogP contribution in [0.4, 0.5) is 21.9 Å². The fourth-order valence-electron chi connectivity index (χ4n) is 8.07. The van der Waals surface area contributed by atoms with Crippen molar-refractivity contribution in [3.8, 4) is 5.75 Å². The Kier molecular flexibility index (Phi) is 12.7. The quantitative estimate of drug-likeness (QED) is 0.0838. The van der Waals surface area contributed by atoms with Crippen LogP contribution in [-0.4, -0.2) is 131 Å². The summed E-state index contributed by atoms with van der Waals surface area (Å²) in [6.07, 6.45) is 2.47. The van der Waals surface area contributed by atoms with E-state index in [1.165, 1.54) is 24.3 Å². The second-order valence-corrected chi connectivity index (χ2v) is 16.1. The van der Waals surface area contributed by atoms with Crippen molar-refractivity contribution in [2.45, 2.75) is 31.3 Å². The molecule has 0 saturated carbocycles. The van der Waals surface area contributed by atoms with Crippen LogP contribution in [0.25, 0.3) is 21.7 Å². The van der Waals surface area contributed by atoms with Gasteiger partial charge in [-0.15, -0.1) is 11.6 Å². The van der Waals surface area contributed by atoms with Gasteiger partial charge in [-0.2, -0.15) is 0 Å². The number of rotatable bonds is 13. The van der Waals surface area contributed by atoms with E-state index in [0.29, 0.717) is 58.9 Å². The van der Waals surface area contributed by atoms with Crippen LogP contribution in [0.1, 0.15) is 39.3 Å². The molecule has 0 unspecified atom stereocenters. The molecule has 1 saturated heterocycles. The first-order chi connectivity index (χ1) is 30.9. The number of aliphatic hydroxyl groups excluding tert-OH is 1. The molecule has 8 rings (SSSR count). The van der Waals surface area contributed by atoms with E-state index in [9.17, 15) is 38.7 Å². The summed E-state index contributed by atoms with van der Waals surface area (Å²) in [5.74, 6) is -2.37. The van der Waals surface area contributed by atoms with Crippen LogP contribution in [-0.2, 0) is 25.6 Å². The van der Waals surface area contributed by atoms with Gasteiger partial charge in [0.25, 0.3) is 23.6 Å². The minimum atomic E-state index is -1.27. The number of benzene rings is 4. The number of likely N-dealkylation sites (N-methyl/N-ethyl adjacent to an activating group) is 1. The van der Waals surface area contributed by atoms with Gasteiger partial charge < -0.3 is 45.5 Å². The number of aromatic nitrogens is 1. The zero-order chi connectivity index (χ0) is 45.1. The van der Waals surface area contributed by atoms with Gasteiger partial charge in [-0.25, -0.2) is 4.79 Å². The minimum Gasteiger partial charge on any atom is -0.409 e. The van der Waals surface area contributed by atoms with Gasteiger partial charge >= 0.3 is 6.09 Å². The number of nitrogens with zero attached hydrogens (tertiary/aromatic N) is 4. The summed E-state index contributed by atoms with van der Waals surface area (Å²) >= 11 is 6.51. The summed E-state index contributed by atoms with van der Waals surface area (Å²) in [5.41, 5.74) is 3.57. The zero-order valence-electron chi connectivity index (χ0n) is 34.8. The molecule has 4 heterocycles. The molecule has 1 fully saturated rings. The van der Waals surface area contributed by atoms with Crippen LogP contribution in [0, 0.1) is 0 Å². The van der Waals surface area contributed by atoms with Crippen molar-refractivity contribution in [3.63, 3.8) is 0 Å². The number of carbonyl (C=O) groups is 7. The Morgan fingerprint density at radius 3 is 2.28 bits per heavy atom. The lowest BCUT2D eigenvalue weighted by atomic mass is 10.0. The molecule has 0 radical (unpaired) electrons. The van der Waals surface area contributed by atoms with Crippen molar-refractivity contribution in [2.75, 3.05) is 67.8 Å². The maximum Gasteiger partial charge on any atom is 0.415 e. The summed E-state index contributed by atoms with van der Waals surface area (Å²) in [6.45, 7) is 1.95. The SMILES string of the molecule is CN1CCN(C(=O)Oc2cc3c(c4ccccc24)C[C@@H](CCl)N3C(=O)c2cc3cc(NC(=O)c4ccc(NC(=O)[C@H](CO)NC(=O)CCCN5C(=O)C=CC5=O)cc4)ccc3[nH]2)CC1. The number of nitrogens with one attached hydrogen (secondary N) is 4. The topological polar surface area (TPSA) is 214 Å². The van der Waals surface area contributed by atoms with E-state index in [2.05, 4.69) is 25.8 Å². The lowest BCUT2D eigenvalue weighted by Gasteiger charge is -2.31. The molecule has 7 amide bonds. The van der Waals surface area contributed by atoms with Crippen LogP contribution in [0.2, 0.25) is 0 Å². The summed E-state index contributed by atoms with van der Waals surface area (Å²) in [4.78, 5) is 99.4. The number of piperazine rings is 1. The second kappa shape index (κ2) is 18.7. The van der Waals surface area contributed by atoms with E-state index in [1.54, 1.807) is 40.1 Å². The predicted molar refractivity (Wildman–Crippen MR) is 239 cm³/mol. The zero-order valence-corrected chi connectivity index (χ0v) is 35.5. The van der Waals surface area contributed by atoms with Crippen LogP contribution in [0.3, 0.4) is 0 Å². The van der Waals surface area contributed by atoms with E-state index in [-0.39, 0.29) is 42.8 Å². The molecule has 2 atom stereocenters. The molecule has 64 heavy (non-hydrogen) atoms. The van der Waals surface area contributed by atoms with Gasteiger partial charge in [-0.05, 0) is 79.4 Å². The van der Waals surface area contributed by atoms with Crippen LogP contribution >= 0.6 is 11.6 Å². The van der Waals surface area contributed by atoms with Gasteiger partial charge in [0, 0.05) is 96.5 Å². The second-order valence-electron chi connectivity index (χ2n) is 15.8. The number of ether oxygens (including phenoxy) is 1. The predicted octanol–water partition coefficient (Wildman–Crippen LogP) is 4.25. The molecule has 0 aliphatic carbocycles. The van der Waals surface area contributed by atoms with E-state index < -0.39 is 48.3 Å². The van der Waals surface area contributed by atoms with Gasteiger partial charge in [-0.1, -0.05) is 24.3 Å². The molecule has 0 bridgehead atoms. The number of imide groups is 1. The Morgan fingerprint density at radius 2 is 1.58 bits per heavy atom. The number of H-pyrrole nitrogens is 1. The first-order valence-corrected chi connectivity index (χ1v) is 21.3. The third-order valence-corrected chi connectivity index (χ3v) is 11.9. The largest absolute Gasteiger partial charge is 0.415 e. The lowest BCUT2D eigenvalue weighted by molar-refractivity contribution is -0.137. The number of aliphatic hydroxyl groups is 1. The van der Waals surface area contributed by atoms with Gasteiger partial charge in [0.2, 0.25) is 11.8 Å². The first kappa shape index (κ1) is 43.6. The van der Waals surface area contributed by atoms with Gasteiger partial charge in [0.15, 0.2) is 0 Å². The molecule has 18 heteroatoms. The van der Waals surface area contributed by atoms with Gasteiger partial charge in [0.1, 0.15) is 17.5 Å². The minimum absolute atomic E-state index is 0.0426. The number of fused-ring (bicyclic) bond motifs is 4. The highest BCUT2D eigenvalue weighted by atomic mass is 35.5. The Bertz CT molecular complexity index is 2690. The van der Waals surface area contributed by atoms with E-state index in [4.69, 9.17) is 16.3 Å². The Hall–Kier alpha value is -7.08. The summed E-state index contributed by atoms with van der Waals surface area (Å²) in [7, 11) is 2.01. The number of hydrogen-bond donors (Lipinski definition) is 5. The smallest absolute Gasteiger partial charge is 0.409 e. The summed E-state index contributed by atoms with van der Waals surface area (Å²) < 4.78 is 6.03. The molecule has 4 aromatic carbocycles. The highest BCUT2D eigenvalue weighted by Crippen LogP contribution is 2.43.